The van der Waals surface area contributed by atoms with Crippen LogP contribution in [-0.4, -0.2) is 46.5 Å². The van der Waals surface area contributed by atoms with Gasteiger partial charge < -0.3 is 9.79 Å². The summed E-state index contributed by atoms with van der Waals surface area (Å²) < 4.78 is 13.1. The predicted molar refractivity (Wildman–Crippen MR) is 63.0 cm³/mol. The zero-order valence-corrected chi connectivity index (χ0v) is 10.0. The second-order valence-corrected chi connectivity index (χ2v) is 5.45. The van der Waals surface area contributed by atoms with Crippen molar-refractivity contribution in [2.24, 2.45) is 11.8 Å². The summed E-state index contributed by atoms with van der Waals surface area (Å²) in [5.41, 5.74) is 0. The molecular formula is C9H22NaO4P. The summed E-state index contributed by atoms with van der Waals surface area (Å²) >= 11 is 0. The molecule has 0 aromatic rings. The molecule has 0 aromatic carbocycles. The third-order valence-electron chi connectivity index (χ3n) is 2.27. The molecule has 0 spiro atoms. The summed E-state index contributed by atoms with van der Waals surface area (Å²) in [5.74, 6) is 2.04. The third kappa shape index (κ3) is 13.0. The van der Waals surface area contributed by atoms with Gasteiger partial charge in [0.05, 0.1) is 0 Å². The molecule has 0 amide bonds. The summed E-state index contributed by atoms with van der Waals surface area (Å²) in [6.45, 7) is 4.64. The number of phosphoric ester groups is 1. The first-order valence-corrected chi connectivity index (χ1v) is 6.49. The molecule has 0 atom stereocenters. The molecule has 1 saturated carbocycles. The first-order valence-electron chi connectivity index (χ1n) is 4.96. The van der Waals surface area contributed by atoms with Crippen molar-refractivity contribution in [1.82, 2.24) is 0 Å². The summed E-state index contributed by atoms with van der Waals surface area (Å²) in [6.07, 6.45) is 5.99. The number of rotatable bonds is 3. The fourth-order valence-electron chi connectivity index (χ4n) is 1.40. The topological polar surface area (TPSA) is 66.8 Å². The van der Waals surface area contributed by atoms with Crippen LogP contribution in [0.4, 0.5) is 0 Å². The number of hydrogen-bond acceptors (Lipinski definition) is 2. The Morgan fingerprint density at radius 2 is 1.80 bits per heavy atom. The molecule has 0 aromatic heterocycles. The Morgan fingerprint density at radius 1 is 1.40 bits per heavy atom. The fraction of sp³-hybridized carbons (Fsp3) is 1.00. The van der Waals surface area contributed by atoms with Crippen LogP contribution < -0.4 is 0 Å². The van der Waals surface area contributed by atoms with Crippen LogP contribution in [0.2, 0.25) is 0 Å². The van der Waals surface area contributed by atoms with Crippen molar-refractivity contribution in [3.8, 4) is 0 Å². The van der Waals surface area contributed by atoms with Gasteiger partial charge in [-0.05, 0) is 18.3 Å². The summed E-state index contributed by atoms with van der Waals surface area (Å²) in [6, 6.07) is 0. The molecule has 0 radical (unpaired) electrons. The second kappa shape index (κ2) is 9.17. The van der Waals surface area contributed by atoms with Gasteiger partial charge >= 0.3 is 37.4 Å². The molecule has 0 bridgehead atoms. The molecule has 0 unspecified atom stereocenters. The van der Waals surface area contributed by atoms with Gasteiger partial charge in [-0.3, -0.25) is 4.52 Å². The molecule has 1 fully saturated rings. The molecule has 15 heavy (non-hydrogen) atoms. The Morgan fingerprint density at radius 3 is 1.87 bits per heavy atom. The van der Waals surface area contributed by atoms with Gasteiger partial charge in [0.15, 0.2) is 0 Å². The Kier molecular flexibility index (Phi) is 11.3. The Labute approximate surface area is 114 Å². The molecule has 1 aliphatic carbocycles. The zero-order chi connectivity index (χ0) is 11.2. The van der Waals surface area contributed by atoms with E-state index in [1.807, 2.05) is 0 Å². The van der Waals surface area contributed by atoms with Gasteiger partial charge in [-0.25, -0.2) is 4.57 Å². The van der Waals surface area contributed by atoms with Crippen LogP contribution in [0.3, 0.4) is 0 Å². The van der Waals surface area contributed by atoms with E-state index in [9.17, 15) is 4.57 Å². The van der Waals surface area contributed by atoms with E-state index in [2.05, 4.69) is 18.4 Å². The van der Waals surface area contributed by atoms with E-state index in [0.717, 1.165) is 18.9 Å². The minimum atomic E-state index is -4.15. The van der Waals surface area contributed by atoms with Crippen LogP contribution in [0.5, 0.6) is 0 Å². The molecule has 0 aliphatic heterocycles. The molecule has 0 heterocycles. The Bertz CT molecular complexity index is 189. The zero-order valence-electron chi connectivity index (χ0n) is 9.14. The maximum atomic E-state index is 9.47. The van der Waals surface area contributed by atoms with Gasteiger partial charge in [0.25, 0.3) is 0 Å². The van der Waals surface area contributed by atoms with Crippen molar-refractivity contribution in [1.29, 1.82) is 0 Å². The van der Waals surface area contributed by atoms with E-state index in [1.165, 1.54) is 25.7 Å². The van der Waals surface area contributed by atoms with Crippen LogP contribution >= 0.6 is 7.82 Å². The molecular weight excluding hydrogens is 226 g/mol. The van der Waals surface area contributed by atoms with Gasteiger partial charge in [-0.2, -0.15) is 0 Å². The van der Waals surface area contributed by atoms with Gasteiger partial charge in [0.2, 0.25) is 0 Å². The van der Waals surface area contributed by atoms with E-state index in [1.54, 1.807) is 0 Å². The number of phosphoric acid groups is 1. The van der Waals surface area contributed by atoms with Crippen molar-refractivity contribution >= 4 is 37.4 Å². The molecule has 1 rings (SSSR count). The monoisotopic (exact) mass is 248 g/mol. The van der Waals surface area contributed by atoms with E-state index in [0.29, 0.717) is 0 Å². The minimum absolute atomic E-state index is 0. The molecule has 2 N–H and O–H groups in total. The average Bonchev–Trinajstić information content (AvgIpc) is 1.97. The van der Waals surface area contributed by atoms with E-state index in [-0.39, 0.29) is 29.6 Å². The van der Waals surface area contributed by atoms with Crippen LogP contribution in [0.15, 0.2) is 0 Å². The van der Waals surface area contributed by atoms with Crippen molar-refractivity contribution in [3.63, 3.8) is 0 Å². The van der Waals surface area contributed by atoms with Gasteiger partial charge in [-0.1, -0.05) is 33.1 Å². The first-order chi connectivity index (χ1) is 6.35. The normalized spacial score (nSPS) is 16.1. The van der Waals surface area contributed by atoms with Crippen molar-refractivity contribution in [3.05, 3.63) is 0 Å². The fourth-order valence-corrected chi connectivity index (χ4v) is 1.40. The van der Waals surface area contributed by atoms with Crippen molar-refractivity contribution < 1.29 is 18.9 Å². The molecule has 0 saturated heterocycles. The molecule has 88 valence electrons. The van der Waals surface area contributed by atoms with Gasteiger partial charge in [0, 0.05) is 7.11 Å². The van der Waals surface area contributed by atoms with E-state index >= 15 is 0 Å². The van der Waals surface area contributed by atoms with E-state index in [4.69, 9.17) is 9.79 Å². The first kappa shape index (κ1) is 18.5. The standard InChI is InChI=1S/C8H16.CH5O4P.Na.H/c1-7(2)6-8-4-3-5-8;1-5-6(2,3)4;;/h7-8H,3-6H2,1-2H3;1H3,(H2,2,3,4);;. The van der Waals surface area contributed by atoms with Crippen LogP contribution in [0.1, 0.15) is 39.5 Å². The Balaban J connectivity index is 0. The Hall–Kier alpha value is 1.11. The van der Waals surface area contributed by atoms with Crippen molar-refractivity contribution in [2.45, 2.75) is 39.5 Å². The SMILES string of the molecule is CC(C)CC1CCC1.COP(=O)(O)O.[NaH]. The quantitative estimate of drug-likeness (QED) is 0.591. The van der Waals surface area contributed by atoms with Crippen LogP contribution in [0, 0.1) is 11.8 Å². The van der Waals surface area contributed by atoms with Gasteiger partial charge in [-0.15, -0.1) is 0 Å². The van der Waals surface area contributed by atoms with E-state index < -0.39 is 7.82 Å². The maximum absolute atomic E-state index is 9.47. The van der Waals surface area contributed by atoms with Gasteiger partial charge in [0.1, 0.15) is 0 Å². The summed E-state index contributed by atoms with van der Waals surface area (Å²) in [7, 11) is -3.20. The molecule has 6 heteroatoms. The average molecular weight is 248 g/mol. The predicted octanol–water partition coefficient (Wildman–Crippen LogP) is 1.91. The summed E-state index contributed by atoms with van der Waals surface area (Å²) in [5, 5.41) is 0. The third-order valence-corrected chi connectivity index (χ3v) is 2.74. The number of hydrogen-bond donors (Lipinski definition) is 2. The van der Waals surface area contributed by atoms with Crippen LogP contribution in [0.25, 0.3) is 0 Å². The molecule has 4 nitrogen and oxygen atoms in total. The van der Waals surface area contributed by atoms with Crippen molar-refractivity contribution in [2.75, 3.05) is 7.11 Å². The van der Waals surface area contributed by atoms with Crippen LogP contribution in [-0.2, 0) is 9.09 Å². The summed E-state index contributed by atoms with van der Waals surface area (Å²) in [4.78, 5) is 15.4. The molecule has 1 aliphatic rings. The second-order valence-electron chi connectivity index (χ2n) is 4.10.